The molecule has 1 aliphatic carbocycles. The first-order chi connectivity index (χ1) is 12.4. The second-order valence-electron chi connectivity index (χ2n) is 8.69. The van der Waals surface area contributed by atoms with Crippen LogP contribution in [0.2, 0.25) is 0 Å². The molecule has 4 nitrogen and oxygen atoms in total. The van der Waals surface area contributed by atoms with Crippen LogP contribution in [0.1, 0.15) is 59.1 Å². The molecule has 0 radical (unpaired) electrons. The van der Waals surface area contributed by atoms with Gasteiger partial charge in [-0.05, 0) is 39.1 Å². The van der Waals surface area contributed by atoms with E-state index < -0.39 is 0 Å². The molecule has 1 aliphatic heterocycles. The molecule has 0 N–H and O–H groups in total. The maximum atomic E-state index is 6.14. The zero-order valence-electron chi connectivity index (χ0n) is 16.2. The van der Waals surface area contributed by atoms with Crippen molar-refractivity contribution >= 4 is 12.6 Å². The van der Waals surface area contributed by atoms with Gasteiger partial charge in [0.15, 0.2) is 6.39 Å². The zero-order valence-corrected chi connectivity index (χ0v) is 16.2. The molecule has 2 aromatic rings. The minimum Gasteiger partial charge on any atom is -0.448 e. The molecule has 2 aliphatic rings. The maximum Gasteiger partial charge on any atom is 0.494 e. The van der Waals surface area contributed by atoms with Crippen molar-refractivity contribution in [2.75, 3.05) is 0 Å². The van der Waals surface area contributed by atoms with Gasteiger partial charge in [-0.25, -0.2) is 4.98 Å². The smallest absolute Gasteiger partial charge is 0.448 e. The van der Waals surface area contributed by atoms with Gasteiger partial charge >= 0.3 is 7.12 Å². The van der Waals surface area contributed by atoms with E-state index >= 15 is 0 Å². The van der Waals surface area contributed by atoms with E-state index in [1.165, 1.54) is 25.7 Å². The number of hydrogen-bond donors (Lipinski definition) is 0. The Balaban J connectivity index is 1.51. The Labute approximate surface area is 156 Å². The van der Waals surface area contributed by atoms with Gasteiger partial charge in [-0.3, -0.25) is 0 Å². The Morgan fingerprint density at radius 3 is 2.23 bits per heavy atom. The molecule has 0 unspecified atom stereocenters. The van der Waals surface area contributed by atoms with Gasteiger partial charge < -0.3 is 13.7 Å². The molecule has 1 saturated heterocycles. The van der Waals surface area contributed by atoms with Crippen molar-refractivity contribution in [3.8, 4) is 11.3 Å². The summed E-state index contributed by atoms with van der Waals surface area (Å²) in [5, 5.41) is 0. The monoisotopic (exact) mass is 353 g/mol. The number of oxazole rings is 1. The van der Waals surface area contributed by atoms with Crippen molar-refractivity contribution < 1.29 is 13.7 Å². The van der Waals surface area contributed by atoms with E-state index in [0.717, 1.165) is 34.8 Å². The molecule has 5 heteroatoms. The normalized spacial score (nSPS) is 22.2. The van der Waals surface area contributed by atoms with Crippen LogP contribution in [0.15, 0.2) is 35.1 Å². The molecule has 1 aromatic carbocycles. The highest BCUT2D eigenvalue weighted by atomic mass is 16.7. The van der Waals surface area contributed by atoms with Gasteiger partial charge in [-0.2, -0.15) is 0 Å². The van der Waals surface area contributed by atoms with Crippen molar-refractivity contribution in [2.45, 2.75) is 71.0 Å². The zero-order chi connectivity index (χ0) is 18.4. The molecular formula is C21H28BNO3. The average Bonchev–Trinajstić information content (AvgIpc) is 3.30. The Morgan fingerprint density at radius 1 is 1.00 bits per heavy atom. The lowest BCUT2D eigenvalue weighted by atomic mass is 9.78. The Hall–Kier alpha value is -1.59. The first-order valence-electron chi connectivity index (χ1n) is 9.74. The summed E-state index contributed by atoms with van der Waals surface area (Å²) >= 11 is 0. The summed E-state index contributed by atoms with van der Waals surface area (Å²) in [6, 6.07) is 8.34. The van der Waals surface area contributed by atoms with Crippen LogP contribution in [0.3, 0.4) is 0 Å². The average molecular weight is 353 g/mol. The van der Waals surface area contributed by atoms with Gasteiger partial charge in [0.2, 0.25) is 0 Å². The van der Waals surface area contributed by atoms with Gasteiger partial charge in [0.05, 0.1) is 11.2 Å². The lowest BCUT2D eigenvalue weighted by Crippen LogP contribution is -2.41. The topological polar surface area (TPSA) is 44.5 Å². The van der Waals surface area contributed by atoms with Crippen molar-refractivity contribution in [1.82, 2.24) is 4.98 Å². The summed E-state index contributed by atoms with van der Waals surface area (Å²) in [5.41, 5.74) is 2.45. The van der Waals surface area contributed by atoms with Crippen LogP contribution in [0.25, 0.3) is 11.3 Å². The van der Waals surface area contributed by atoms with E-state index in [1.807, 2.05) is 0 Å². The Kier molecular flexibility index (Phi) is 4.48. The highest BCUT2D eigenvalue weighted by molar-refractivity contribution is 6.62. The lowest BCUT2D eigenvalue weighted by Gasteiger charge is -2.32. The molecule has 0 amide bonds. The summed E-state index contributed by atoms with van der Waals surface area (Å²) in [5.74, 6) is 1.76. The molecule has 2 fully saturated rings. The largest absolute Gasteiger partial charge is 0.494 e. The van der Waals surface area contributed by atoms with Gasteiger partial charge in [0, 0.05) is 12.0 Å². The quantitative estimate of drug-likeness (QED) is 0.766. The molecular weight excluding hydrogens is 325 g/mol. The predicted molar refractivity (Wildman–Crippen MR) is 103 cm³/mol. The van der Waals surface area contributed by atoms with Gasteiger partial charge in [-0.1, -0.05) is 49.9 Å². The van der Waals surface area contributed by atoms with E-state index in [-0.39, 0.29) is 18.3 Å². The van der Waals surface area contributed by atoms with E-state index in [2.05, 4.69) is 56.9 Å². The Bertz CT molecular complexity index is 744. The first-order valence-corrected chi connectivity index (χ1v) is 9.74. The van der Waals surface area contributed by atoms with Crippen LogP contribution >= 0.6 is 0 Å². The first kappa shape index (κ1) is 17.8. The SMILES string of the molecule is CC1(C)OB(c2ccc(-c3ncoc3CC3CCCC3)cc2)OC1(C)C. The molecule has 0 bridgehead atoms. The maximum absolute atomic E-state index is 6.14. The molecule has 2 heterocycles. The molecule has 138 valence electrons. The fourth-order valence-electron chi connectivity index (χ4n) is 3.90. The standard InChI is InChI=1S/C21H28BNO3/c1-20(2)21(3,4)26-22(25-20)17-11-9-16(10-12-17)19-18(24-14-23-19)13-15-7-5-6-8-15/h9-12,14-15H,5-8,13H2,1-4H3. The van der Waals surface area contributed by atoms with Crippen molar-refractivity contribution in [3.05, 3.63) is 36.4 Å². The van der Waals surface area contributed by atoms with E-state index in [9.17, 15) is 0 Å². The van der Waals surface area contributed by atoms with Crippen LogP contribution in [0.4, 0.5) is 0 Å². The van der Waals surface area contributed by atoms with E-state index in [1.54, 1.807) is 6.39 Å². The fourth-order valence-corrected chi connectivity index (χ4v) is 3.90. The second kappa shape index (κ2) is 6.54. The molecule has 0 atom stereocenters. The Morgan fingerprint density at radius 2 is 1.62 bits per heavy atom. The minimum absolute atomic E-state index is 0.323. The van der Waals surface area contributed by atoms with E-state index in [0.29, 0.717) is 0 Å². The number of hydrogen-bond acceptors (Lipinski definition) is 4. The third kappa shape index (κ3) is 3.23. The molecule has 26 heavy (non-hydrogen) atoms. The van der Waals surface area contributed by atoms with Gasteiger partial charge in [-0.15, -0.1) is 0 Å². The van der Waals surface area contributed by atoms with Crippen LogP contribution < -0.4 is 5.46 Å². The summed E-state index contributed by atoms with van der Waals surface area (Å²) in [4.78, 5) is 4.47. The third-order valence-corrected chi connectivity index (χ3v) is 6.30. The van der Waals surface area contributed by atoms with Crippen molar-refractivity contribution in [3.63, 3.8) is 0 Å². The number of rotatable bonds is 4. The number of benzene rings is 1. The van der Waals surface area contributed by atoms with Crippen molar-refractivity contribution in [2.24, 2.45) is 5.92 Å². The number of aromatic nitrogens is 1. The highest BCUT2D eigenvalue weighted by Crippen LogP contribution is 2.37. The van der Waals surface area contributed by atoms with Gasteiger partial charge in [0.25, 0.3) is 0 Å². The summed E-state index contributed by atoms with van der Waals surface area (Å²) < 4.78 is 18.0. The third-order valence-electron chi connectivity index (χ3n) is 6.30. The van der Waals surface area contributed by atoms with E-state index in [4.69, 9.17) is 13.7 Å². The molecule has 1 saturated carbocycles. The minimum atomic E-state index is -0.329. The van der Waals surface area contributed by atoms with Crippen LogP contribution in [0.5, 0.6) is 0 Å². The lowest BCUT2D eigenvalue weighted by molar-refractivity contribution is 0.00578. The van der Waals surface area contributed by atoms with Crippen LogP contribution in [-0.2, 0) is 15.7 Å². The molecule has 4 rings (SSSR count). The number of nitrogens with zero attached hydrogens (tertiary/aromatic N) is 1. The summed E-state index contributed by atoms with van der Waals surface area (Å²) in [6.07, 6.45) is 7.87. The fraction of sp³-hybridized carbons (Fsp3) is 0.571. The highest BCUT2D eigenvalue weighted by Gasteiger charge is 2.51. The second-order valence-corrected chi connectivity index (χ2v) is 8.69. The molecule has 1 aromatic heterocycles. The molecule has 0 spiro atoms. The predicted octanol–water partition coefficient (Wildman–Crippen LogP) is 4.37. The summed E-state index contributed by atoms with van der Waals surface area (Å²) in [7, 11) is -0.329. The van der Waals surface area contributed by atoms with Crippen molar-refractivity contribution in [1.29, 1.82) is 0 Å². The summed E-state index contributed by atoms with van der Waals surface area (Å²) in [6.45, 7) is 8.30. The van der Waals surface area contributed by atoms with Crippen LogP contribution in [-0.4, -0.2) is 23.3 Å². The van der Waals surface area contributed by atoms with Crippen LogP contribution in [0, 0.1) is 5.92 Å². The van der Waals surface area contributed by atoms with Gasteiger partial charge in [0.1, 0.15) is 11.5 Å².